The third-order valence-electron chi connectivity index (χ3n) is 2.18. The quantitative estimate of drug-likeness (QED) is 0.836. The summed E-state index contributed by atoms with van der Waals surface area (Å²) in [6.07, 6.45) is 0. The first-order chi connectivity index (χ1) is 8.20. The van der Waals surface area contributed by atoms with E-state index in [1.165, 1.54) is 19.2 Å². The highest BCUT2D eigenvalue weighted by Crippen LogP contribution is 2.35. The highest BCUT2D eigenvalue weighted by atomic mass is 79.9. The Labute approximate surface area is 107 Å². The number of ether oxygens (including phenoxy) is 2. The largest absolute Gasteiger partial charge is 0.493 e. The zero-order valence-electron chi connectivity index (χ0n) is 9.11. The lowest BCUT2D eigenvalue weighted by molar-refractivity contribution is 0.376. The SMILES string of the molecule is COc1cc(Br)c(F)cc1Oc1ccccc1. The highest BCUT2D eigenvalue weighted by Gasteiger charge is 2.10. The molecule has 4 heteroatoms. The van der Waals surface area contributed by atoms with Crippen molar-refractivity contribution in [1.82, 2.24) is 0 Å². The van der Waals surface area contributed by atoms with Gasteiger partial charge in [-0.2, -0.15) is 0 Å². The molecule has 0 bridgehead atoms. The van der Waals surface area contributed by atoms with Gasteiger partial charge in [0.2, 0.25) is 0 Å². The molecule has 0 spiro atoms. The molecule has 0 aliphatic rings. The molecular weight excluding hydrogens is 287 g/mol. The third kappa shape index (κ3) is 2.77. The predicted molar refractivity (Wildman–Crippen MR) is 67.2 cm³/mol. The fourth-order valence-corrected chi connectivity index (χ4v) is 1.69. The molecule has 0 atom stereocenters. The number of para-hydroxylation sites is 1. The van der Waals surface area contributed by atoms with E-state index in [4.69, 9.17) is 9.47 Å². The molecular formula is C13H10BrFO2. The van der Waals surface area contributed by atoms with E-state index >= 15 is 0 Å². The van der Waals surface area contributed by atoms with Crippen LogP contribution < -0.4 is 9.47 Å². The molecule has 0 aromatic heterocycles. The molecule has 0 N–H and O–H groups in total. The summed E-state index contributed by atoms with van der Waals surface area (Å²) < 4.78 is 24.4. The smallest absolute Gasteiger partial charge is 0.172 e. The lowest BCUT2D eigenvalue weighted by Crippen LogP contribution is -1.92. The van der Waals surface area contributed by atoms with Gasteiger partial charge in [-0.05, 0) is 28.1 Å². The highest BCUT2D eigenvalue weighted by molar-refractivity contribution is 9.10. The minimum atomic E-state index is -0.392. The molecule has 2 aromatic rings. The van der Waals surface area contributed by atoms with E-state index in [2.05, 4.69) is 15.9 Å². The normalized spacial score (nSPS) is 10.1. The summed E-state index contributed by atoms with van der Waals surface area (Å²) in [6.45, 7) is 0. The van der Waals surface area contributed by atoms with Crippen LogP contribution in [0, 0.1) is 5.82 Å². The monoisotopic (exact) mass is 296 g/mol. The molecule has 2 rings (SSSR count). The Kier molecular flexibility index (Phi) is 3.64. The van der Waals surface area contributed by atoms with Crippen molar-refractivity contribution >= 4 is 15.9 Å². The van der Waals surface area contributed by atoms with Gasteiger partial charge in [-0.15, -0.1) is 0 Å². The fourth-order valence-electron chi connectivity index (χ4n) is 1.37. The maximum atomic E-state index is 13.4. The van der Waals surface area contributed by atoms with Gasteiger partial charge in [-0.25, -0.2) is 4.39 Å². The topological polar surface area (TPSA) is 18.5 Å². The zero-order chi connectivity index (χ0) is 12.3. The number of halogens is 2. The van der Waals surface area contributed by atoms with Gasteiger partial charge < -0.3 is 9.47 Å². The first kappa shape index (κ1) is 11.9. The van der Waals surface area contributed by atoms with Gasteiger partial charge in [0.1, 0.15) is 11.6 Å². The fraction of sp³-hybridized carbons (Fsp3) is 0.0769. The van der Waals surface area contributed by atoms with Crippen LogP contribution in [0.15, 0.2) is 46.9 Å². The van der Waals surface area contributed by atoms with E-state index in [-0.39, 0.29) is 0 Å². The number of rotatable bonds is 3. The Bertz CT molecular complexity index is 514. The van der Waals surface area contributed by atoms with Crippen LogP contribution in [0.3, 0.4) is 0 Å². The number of hydrogen-bond acceptors (Lipinski definition) is 2. The van der Waals surface area contributed by atoms with Crippen molar-refractivity contribution < 1.29 is 13.9 Å². The van der Waals surface area contributed by atoms with E-state index in [9.17, 15) is 4.39 Å². The Hall–Kier alpha value is -1.55. The van der Waals surface area contributed by atoms with Crippen LogP contribution in [0.2, 0.25) is 0 Å². The molecule has 0 radical (unpaired) electrons. The van der Waals surface area contributed by atoms with E-state index in [0.717, 1.165) is 0 Å². The second kappa shape index (κ2) is 5.19. The van der Waals surface area contributed by atoms with Gasteiger partial charge in [0.25, 0.3) is 0 Å². The average molecular weight is 297 g/mol. The van der Waals surface area contributed by atoms with Crippen LogP contribution in [0.4, 0.5) is 4.39 Å². The van der Waals surface area contributed by atoms with Gasteiger partial charge in [0.05, 0.1) is 11.6 Å². The molecule has 17 heavy (non-hydrogen) atoms. The van der Waals surface area contributed by atoms with Crippen molar-refractivity contribution in [3.05, 3.63) is 52.8 Å². The van der Waals surface area contributed by atoms with Gasteiger partial charge >= 0.3 is 0 Å². The summed E-state index contributed by atoms with van der Waals surface area (Å²) >= 11 is 3.10. The first-order valence-electron chi connectivity index (χ1n) is 4.96. The third-order valence-corrected chi connectivity index (χ3v) is 2.79. The van der Waals surface area contributed by atoms with Crippen LogP contribution >= 0.6 is 15.9 Å². The van der Waals surface area contributed by atoms with Gasteiger partial charge in [0, 0.05) is 12.1 Å². The van der Waals surface area contributed by atoms with Crippen LogP contribution in [-0.4, -0.2) is 7.11 Å². The lowest BCUT2D eigenvalue weighted by Gasteiger charge is -2.11. The molecule has 0 unspecified atom stereocenters. The second-order valence-electron chi connectivity index (χ2n) is 3.33. The summed E-state index contributed by atoms with van der Waals surface area (Å²) in [7, 11) is 1.51. The Morgan fingerprint density at radius 2 is 1.76 bits per heavy atom. The van der Waals surface area contributed by atoms with Crippen molar-refractivity contribution in [1.29, 1.82) is 0 Å². The molecule has 0 heterocycles. The van der Waals surface area contributed by atoms with Crippen LogP contribution in [0.5, 0.6) is 17.2 Å². The van der Waals surface area contributed by atoms with Gasteiger partial charge in [-0.1, -0.05) is 18.2 Å². The van der Waals surface area contributed by atoms with Gasteiger partial charge in [-0.3, -0.25) is 0 Å². The zero-order valence-corrected chi connectivity index (χ0v) is 10.7. The predicted octanol–water partition coefficient (Wildman–Crippen LogP) is 4.39. The molecule has 2 nitrogen and oxygen atoms in total. The standard InChI is InChI=1S/C13H10BrFO2/c1-16-12-7-10(14)11(15)8-13(12)17-9-5-3-2-4-6-9/h2-8H,1H3. The minimum Gasteiger partial charge on any atom is -0.493 e. The van der Waals surface area contributed by atoms with Crippen LogP contribution in [0.25, 0.3) is 0 Å². The van der Waals surface area contributed by atoms with Crippen molar-refractivity contribution in [2.75, 3.05) is 7.11 Å². The van der Waals surface area contributed by atoms with Crippen molar-refractivity contribution in [3.8, 4) is 17.2 Å². The number of benzene rings is 2. The summed E-state index contributed by atoms with van der Waals surface area (Å²) in [6, 6.07) is 12.0. The van der Waals surface area contributed by atoms with Crippen LogP contribution in [-0.2, 0) is 0 Å². The molecule has 88 valence electrons. The molecule has 0 aliphatic heterocycles. The maximum Gasteiger partial charge on any atom is 0.172 e. The van der Waals surface area contributed by atoms with Crippen LogP contribution in [0.1, 0.15) is 0 Å². The van der Waals surface area contributed by atoms with Crippen molar-refractivity contribution in [2.24, 2.45) is 0 Å². The van der Waals surface area contributed by atoms with E-state index in [0.29, 0.717) is 21.7 Å². The maximum absolute atomic E-state index is 13.4. The molecule has 0 saturated heterocycles. The molecule has 0 fully saturated rings. The van der Waals surface area contributed by atoms with Crippen molar-refractivity contribution in [2.45, 2.75) is 0 Å². The second-order valence-corrected chi connectivity index (χ2v) is 4.19. The minimum absolute atomic E-state index is 0.342. The Morgan fingerprint density at radius 1 is 1.06 bits per heavy atom. The summed E-state index contributed by atoms with van der Waals surface area (Å²) in [5.74, 6) is 1.06. The van der Waals surface area contributed by atoms with E-state index in [1.807, 2.05) is 18.2 Å². The van der Waals surface area contributed by atoms with Crippen molar-refractivity contribution in [3.63, 3.8) is 0 Å². The molecule has 0 aliphatic carbocycles. The molecule has 0 saturated carbocycles. The van der Waals surface area contributed by atoms with E-state index < -0.39 is 5.82 Å². The molecule has 0 amide bonds. The van der Waals surface area contributed by atoms with E-state index in [1.54, 1.807) is 12.1 Å². The summed E-state index contributed by atoms with van der Waals surface area (Å²) in [5, 5.41) is 0. The lowest BCUT2D eigenvalue weighted by atomic mass is 10.3. The summed E-state index contributed by atoms with van der Waals surface area (Å²) in [4.78, 5) is 0. The Morgan fingerprint density at radius 3 is 2.41 bits per heavy atom. The first-order valence-corrected chi connectivity index (χ1v) is 5.76. The number of methoxy groups -OCH3 is 1. The average Bonchev–Trinajstić information content (AvgIpc) is 2.35. The molecule has 2 aromatic carbocycles. The van der Waals surface area contributed by atoms with Gasteiger partial charge in [0.15, 0.2) is 11.5 Å². The Balaban J connectivity index is 2.35. The summed E-state index contributed by atoms with van der Waals surface area (Å²) in [5.41, 5.74) is 0. The number of hydrogen-bond donors (Lipinski definition) is 0.